The molecule has 0 saturated carbocycles. The number of hydrogen-bond donors (Lipinski definition) is 6. The number of fused-ring (bicyclic) bond motifs is 1. The summed E-state index contributed by atoms with van der Waals surface area (Å²) >= 11 is 1.90. The molecule has 2 heterocycles. The van der Waals surface area contributed by atoms with Gasteiger partial charge in [-0.05, 0) is 25.7 Å². The van der Waals surface area contributed by atoms with Crippen molar-refractivity contribution in [2.45, 2.75) is 55.9 Å². The third-order valence-electron chi connectivity index (χ3n) is 6.03. The maximum atomic E-state index is 12.0. The average molecular weight is 577 g/mol. The fourth-order valence-electron chi connectivity index (χ4n) is 4.04. The molecule has 5 amide bonds. The molecular weight excluding hydrogens is 532 g/mol. The van der Waals surface area contributed by atoms with Gasteiger partial charge in [0.2, 0.25) is 11.8 Å². The van der Waals surface area contributed by atoms with E-state index in [1.54, 1.807) is 0 Å². The van der Waals surface area contributed by atoms with Crippen molar-refractivity contribution < 1.29 is 38.1 Å². The molecule has 2 aliphatic heterocycles. The Bertz CT molecular complexity index is 749. The van der Waals surface area contributed by atoms with E-state index >= 15 is 0 Å². The van der Waals surface area contributed by atoms with Gasteiger partial charge in [0.1, 0.15) is 13.2 Å². The number of nitrogens with one attached hydrogen (secondary N) is 5. The molecule has 224 valence electrons. The van der Waals surface area contributed by atoms with Gasteiger partial charge in [0.05, 0.1) is 38.5 Å². The summed E-state index contributed by atoms with van der Waals surface area (Å²) in [5, 5.41) is 12.0. The summed E-state index contributed by atoms with van der Waals surface area (Å²) in [6.45, 7) is 3.45. The minimum Gasteiger partial charge on any atom is -0.379 e. The number of carbonyl (C=O) groups excluding carboxylic acids is 4. The maximum Gasteiger partial charge on any atom is 0.315 e. The molecule has 7 N–H and O–H groups in total. The lowest BCUT2D eigenvalue weighted by molar-refractivity contribution is -0.131. The van der Waals surface area contributed by atoms with Crippen molar-refractivity contribution in [3.8, 4) is 0 Å². The quantitative estimate of drug-likeness (QED) is 0.0283. The van der Waals surface area contributed by atoms with Crippen molar-refractivity contribution in [3.05, 3.63) is 0 Å². The Labute approximate surface area is 233 Å². The normalized spacial score (nSPS) is 19.7. The summed E-state index contributed by atoms with van der Waals surface area (Å²) in [6, 6.07) is 0.406. The first kappa shape index (κ1) is 33.0. The van der Waals surface area contributed by atoms with E-state index in [0.29, 0.717) is 70.8 Å². The first-order chi connectivity index (χ1) is 19.0. The van der Waals surface area contributed by atoms with Gasteiger partial charge >= 0.3 is 6.03 Å². The molecular formula is C24H44N6O8S. The van der Waals surface area contributed by atoms with Crippen LogP contribution in [0.25, 0.3) is 0 Å². The number of unbranched alkanes of at least 4 members (excludes halogenated alkanes) is 1. The number of nitrogens with two attached hydrogens (primary N) is 1. The predicted molar refractivity (Wildman–Crippen MR) is 145 cm³/mol. The van der Waals surface area contributed by atoms with Crippen molar-refractivity contribution in [1.82, 2.24) is 26.7 Å². The minimum absolute atomic E-state index is 0.0631. The Morgan fingerprint density at radius 3 is 2.08 bits per heavy atom. The monoisotopic (exact) mass is 576 g/mol. The van der Waals surface area contributed by atoms with Gasteiger partial charge in [-0.1, -0.05) is 6.42 Å². The van der Waals surface area contributed by atoms with Crippen molar-refractivity contribution in [1.29, 1.82) is 0 Å². The van der Waals surface area contributed by atoms with Crippen LogP contribution in [0.4, 0.5) is 4.79 Å². The van der Waals surface area contributed by atoms with Crippen LogP contribution in [0.15, 0.2) is 0 Å². The largest absolute Gasteiger partial charge is 0.379 e. The summed E-state index contributed by atoms with van der Waals surface area (Å²) in [7, 11) is 0. The van der Waals surface area contributed by atoms with Gasteiger partial charge < -0.3 is 40.2 Å². The second-order valence-electron chi connectivity index (χ2n) is 9.17. The Morgan fingerprint density at radius 2 is 1.41 bits per heavy atom. The zero-order valence-electron chi connectivity index (χ0n) is 22.5. The summed E-state index contributed by atoms with van der Waals surface area (Å²) in [5.41, 5.74) is 1.91. The molecule has 0 aromatic rings. The fraction of sp³-hybridized carbons (Fsp3) is 0.833. The zero-order valence-corrected chi connectivity index (χ0v) is 23.3. The molecule has 2 fully saturated rings. The Kier molecular flexibility index (Phi) is 17.5. The summed E-state index contributed by atoms with van der Waals surface area (Å²) in [6.07, 6.45) is 4.76. The molecule has 39 heavy (non-hydrogen) atoms. The van der Waals surface area contributed by atoms with Gasteiger partial charge in [-0.3, -0.25) is 19.8 Å². The molecule has 0 spiro atoms. The molecule has 2 aliphatic rings. The molecule has 0 bridgehead atoms. The lowest BCUT2D eigenvalue weighted by Crippen LogP contribution is -2.36. The third kappa shape index (κ3) is 15.3. The lowest BCUT2D eigenvalue weighted by Gasteiger charge is -2.16. The number of urea groups is 1. The molecule has 2 saturated heterocycles. The highest BCUT2D eigenvalue weighted by Crippen LogP contribution is 2.33. The lowest BCUT2D eigenvalue weighted by atomic mass is 10.0. The van der Waals surface area contributed by atoms with Crippen LogP contribution in [0.3, 0.4) is 0 Å². The second kappa shape index (κ2) is 20.7. The highest BCUT2D eigenvalue weighted by molar-refractivity contribution is 8.00. The van der Waals surface area contributed by atoms with Gasteiger partial charge in [0.25, 0.3) is 5.91 Å². The number of ether oxygens (including phenoxy) is 4. The van der Waals surface area contributed by atoms with Crippen LogP contribution < -0.4 is 32.5 Å². The van der Waals surface area contributed by atoms with E-state index in [9.17, 15) is 19.2 Å². The zero-order chi connectivity index (χ0) is 28.1. The van der Waals surface area contributed by atoms with Crippen molar-refractivity contribution in [2.24, 2.45) is 5.84 Å². The van der Waals surface area contributed by atoms with E-state index in [1.807, 2.05) is 17.2 Å². The Hall–Kier alpha value is -2.17. The van der Waals surface area contributed by atoms with E-state index in [-0.39, 0.29) is 43.1 Å². The van der Waals surface area contributed by atoms with Gasteiger partial charge in [-0.2, -0.15) is 11.8 Å². The van der Waals surface area contributed by atoms with Crippen LogP contribution in [-0.4, -0.2) is 113 Å². The predicted octanol–water partition coefficient (Wildman–Crippen LogP) is -1.22. The molecule has 14 nitrogen and oxygen atoms in total. The summed E-state index contributed by atoms with van der Waals surface area (Å²) < 4.78 is 21.3. The van der Waals surface area contributed by atoms with Gasteiger partial charge in [-0.25, -0.2) is 10.6 Å². The van der Waals surface area contributed by atoms with Crippen LogP contribution in [0.5, 0.6) is 0 Å². The van der Waals surface area contributed by atoms with Crippen LogP contribution in [-0.2, 0) is 33.3 Å². The van der Waals surface area contributed by atoms with Crippen LogP contribution in [0, 0.1) is 0 Å². The highest BCUT2D eigenvalue weighted by atomic mass is 32.2. The van der Waals surface area contributed by atoms with Crippen LogP contribution in [0.1, 0.15) is 38.5 Å². The molecule has 15 heteroatoms. The van der Waals surface area contributed by atoms with E-state index in [2.05, 4.69) is 21.3 Å². The number of hydrazine groups is 1. The minimum atomic E-state index is -0.498. The maximum absolute atomic E-state index is 12.0. The number of rotatable bonds is 23. The van der Waals surface area contributed by atoms with Crippen molar-refractivity contribution >= 4 is 35.5 Å². The molecule has 0 aromatic carbocycles. The molecule has 3 unspecified atom stereocenters. The SMILES string of the molecule is NNC(=O)COCC(=O)NCCCOCCOCCOCCCNC(=O)CCCCC1SCC2NC(=O)NC21. The number of thioether (sulfide) groups is 1. The smallest absolute Gasteiger partial charge is 0.315 e. The topological polar surface area (TPSA) is 191 Å². The number of carbonyl (C=O) groups is 4. The molecule has 0 aromatic heterocycles. The molecule has 3 atom stereocenters. The van der Waals surface area contributed by atoms with Gasteiger partial charge in [0, 0.05) is 43.7 Å². The number of hydrogen-bond acceptors (Lipinski definition) is 10. The third-order valence-corrected chi connectivity index (χ3v) is 7.54. The van der Waals surface area contributed by atoms with E-state index < -0.39 is 5.91 Å². The van der Waals surface area contributed by atoms with Gasteiger partial charge in [-0.15, -0.1) is 0 Å². The first-order valence-corrected chi connectivity index (χ1v) is 14.6. The molecule has 2 rings (SSSR count). The molecule has 0 aliphatic carbocycles. The van der Waals surface area contributed by atoms with E-state index in [4.69, 9.17) is 24.8 Å². The van der Waals surface area contributed by atoms with Crippen molar-refractivity contribution in [3.63, 3.8) is 0 Å². The number of amides is 5. The summed E-state index contributed by atoms with van der Waals surface area (Å²) in [4.78, 5) is 45.7. The van der Waals surface area contributed by atoms with E-state index in [1.165, 1.54) is 0 Å². The highest BCUT2D eigenvalue weighted by Gasteiger charge is 2.42. The van der Waals surface area contributed by atoms with E-state index in [0.717, 1.165) is 31.4 Å². The fourth-order valence-corrected chi connectivity index (χ4v) is 5.58. The second-order valence-corrected chi connectivity index (χ2v) is 10.4. The average Bonchev–Trinajstić information content (AvgIpc) is 3.47. The van der Waals surface area contributed by atoms with Crippen molar-refractivity contribution in [2.75, 3.05) is 71.7 Å². The molecule has 0 radical (unpaired) electrons. The summed E-state index contributed by atoms with van der Waals surface area (Å²) in [5.74, 6) is 5.12. The van der Waals surface area contributed by atoms with Crippen LogP contribution >= 0.6 is 11.8 Å². The Balaban J connectivity index is 1.25. The standard InChI is InChI=1S/C24H44N6O8S/c25-30-22(33)16-38-15-21(32)27-8-4-10-36-12-14-37-13-11-35-9-3-7-26-20(31)6-2-1-5-19-23-18(17-39-19)28-24(34)29-23/h18-19,23H,1-17,25H2,(H,26,31)(H,27,32)(H,30,33)(H2,28,29,34). The van der Waals surface area contributed by atoms with Crippen LogP contribution in [0.2, 0.25) is 0 Å². The Morgan fingerprint density at radius 1 is 0.795 bits per heavy atom. The first-order valence-electron chi connectivity index (χ1n) is 13.5. The van der Waals surface area contributed by atoms with Gasteiger partial charge in [0.15, 0.2) is 0 Å².